The molecule has 18 N–H and O–H groups in total. The number of fused-ring (bicyclic) bond motifs is 2. The first kappa shape index (κ1) is 102. The molecular weight excluding hydrogens is 1740 g/mol. The fourth-order valence-corrected chi connectivity index (χ4v) is 17.1. The van der Waals surface area contributed by atoms with E-state index in [0.29, 0.717) is 62.1 Å². The summed E-state index contributed by atoms with van der Waals surface area (Å²) in [6, 6.07) is 25.7. The van der Waals surface area contributed by atoms with Gasteiger partial charge in [-0.3, -0.25) is 76.7 Å². The number of carbonyl (C=O) groups excluding carboxylic acids is 16. The van der Waals surface area contributed by atoms with E-state index >= 15 is 38.4 Å². The molecule has 704 valence electrons. The first-order chi connectivity index (χ1) is 63.0. The minimum atomic E-state index is -1.79. The van der Waals surface area contributed by atoms with Gasteiger partial charge in [-0.1, -0.05) is 149 Å². The second-order valence-corrected chi connectivity index (χ2v) is 35.2. The molecule has 0 bridgehead atoms. The lowest BCUT2D eigenvalue weighted by Crippen LogP contribution is -2.61. The van der Waals surface area contributed by atoms with Crippen molar-refractivity contribution < 1.29 is 86.9 Å². The number of aromatic hydroxyl groups is 2. The van der Waals surface area contributed by atoms with Gasteiger partial charge in [0.1, 0.15) is 78.0 Å². The van der Waals surface area contributed by atoms with E-state index in [1.54, 1.807) is 123 Å². The van der Waals surface area contributed by atoms with Gasteiger partial charge in [-0.25, -0.2) is 4.98 Å². The summed E-state index contributed by atoms with van der Waals surface area (Å²) in [6.45, 7) is 2.71. The minimum Gasteiger partial charge on any atom is -0.508 e. The van der Waals surface area contributed by atoms with Gasteiger partial charge in [0.15, 0.2) is 0 Å². The molecule has 8 aromatic rings. The number of nitrogens with zero attached hydrogens (tertiary/aromatic N) is 6. The zero-order chi connectivity index (χ0) is 96.0. The molecule has 0 radical (unpaired) electrons. The number of para-hydroxylation sites is 2. The summed E-state index contributed by atoms with van der Waals surface area (Å²) in [6.07, 6.45) is 0.158. The van der Waals surface area contributed by atoms with Crippen LogP contribution in [0, 0.1) is 5.92 Å². The van der Waals surface area contributed by atoms with Gasteiger partial charge in [0, 0.05) is 96.6 Å². The monoisotopic (exact) mass is 1850 g/mol. The third kappa shape index (κ3) is 29.6. The third-order valence-corrected chi connectivity index (χ3v) is 24.6. The number of thioether (sulfide) groups is 1. The van der Waals surface area contributed by atoms with E-state index in [-0.39, 0.29) is 75.8 Å². The molecule has 1 aliphatic heterocycles. The predicted octanol–water partition coefficient (Wildman–Crippen LogP) is 1.03. The van der Waals surface area contributed by atoms with Crippen molar-refractivity contribution >= 4 is 139 Å². The normalized spacial score (nSPS) is 21.7. The van der Waals surface area contributed by atoms with Crippen molar-refractivity contribution in [1.29, 1.82) is 0 Å². The van der Waals surface area contributed by atoms with E-state index in [1.165, 1.54) is 100 Å². The third-order valence-electron chi connectivity index (χ3n) is 22.5. The Kier molecular flexibility index (Phi) is 38.0. The Balaban J connectivity index is 1.12. The van der Waals surface area contributed by atoms with Crippen molar-refractivity contribution in [2.75, 3.05) is 72.9 Å². The van der Waals surface area contributed by atoms with Crippen LogP contribution in [0.1, 0.15) is 92.1 Å². The quantitative estimate of drug-likeness (QED) is 0.0402. The summed E-state index contributed by atoms with van der Waals surface area (Å²) < 4.78 is 0.748. The number of hydrogen-bond acceptors (Lipinski definition) is 22. The molecule has 2 aromatic heterocycles. The number of phenolic OH excluding ortho intramolecular Hbond substituents is 2. The van der Waals surface area contributed by atoms with Crippen molar-refractivity contribution in [2.45, 2.75) is 164 Å². The predicted molar refractivity (Wildman–Crippen MR) is 496 cm³/mol. The number of nitrogens with one attached hydrogen (secondary N) is 10. The van der Waals surface area contributed by atoms with Crippen LogP contribution in [-0.2, 0) is 115 Å². The first-order valence-corrected chi connectivity index (χ1v) is 45.3. The molecule has 9 rings (SSSR count). The van der Waals surface area contributed by atoms with Gasteiger partial charge in [0.05, 0.1) is 47.0 Å². The largest absolute Gasteiger partial charge is 0.508 e. The number of H-pyrrole nitrogens is 1. The summed E-state index contributed by atoms with van der Waals surface area (Å²) in [7, 11) is 6.57. The van der Waals surface area contributed by atoms with E-state index in [2.05, 4.69) is 52.8 Å². The highest BCUT2D eigenvalue weighted by molar-refractivity contribution is 8.00. The van der Waals surface area contributed by atoms with Crippen LogP contribution in [0.25, 0.3) is 21.1 Å². The standard InChI is InChI=1S/C93H117N19O18S2/c1-9-10-30-72-91(128)109(5)51-79(118)100-68(46-76(95)115)87(124)107-82(54(2)3)93(130)111(7)73(44-56-24-15-12-16-25-56)88(125)105-69(43-58-34-38-61(114)39-35-58)89(126)108(4)50-78(117)99-67(45-59-48-97-63-27-18-17-26-62(59)63)86(123)104-66(41-57-32-36-60(113)37-33-57)85(122)103-65(29-21-40-94)84(121)106-71(83(120)98-49-77(96)116)52-131-53-80(119)101-70(42-55-22-13-11-14-23-55)90(127)112(8)74(92(129)110(72)6)47-81-102-64-28-19-20-31-75(64)132-81/h11-20,22-28,31-39,48,54,65-74,82,97,113-114H,9-10,21,29-30,40-47,49-53,94H2,1-8H3,(H2,95,115)(H2,96,116)(H,98,120)(H,99,117)(H,100,118)(H,101,119)(H,103,122)(H,104,123)(H,105,125)(H,106,121)(H,107,124)/t65-,66-,67-,68-,69-,70-,71-,72-,73-,74-,82-/m0/s1. The number of aromatic nitrogens is 2. The van der Waals surface area contributed by atoms with Crippen molar-refractivity contribution in [3.8, 4) is 11.5 Å². The Labute approximate surface area is 772 Å². The molecule has 1 saturated heterocycles. The lowest BCUT2D eigenvalue weighted by atomic mass is 9.98. The highest BCUT2D eigenvalue weighted by Gasteiger charge is 2.43. The Hall–Kier alpha value is -13.8. The highest BCUT2D eigenvalue weighted by Crippen LogP contribution is 2.28. The maximum atomic E-state index is 15.7. The number of carbonyl (C=O) groups is 16. The Morgan fingerprint density at radius 1 is 0.477 bits per heavy atom. The van der Waals surface area contributed by atoms with Crippen LogP contribution in [0.2, 0.25) is 0 Å². The fourth-order valence-electron chi connectivity index (χ4n) is 15.2. The number of aromatic amines is 1. The van der Waals surface area contributed by atoms with Crippen LogP contribution in [0.4, 0.5) is 0 Å². The van der Waals surface area contributed by atoms with Crippen molar-refractivity contribution in [3.63, 3.8) is 0 Å². The minimum absolute atomic E-state index is 0.0214. The molecule has 132 heavy (non-hydrogen) atoms. The lowest BCUT2D eigenvalue weighted by Gasteiger charge is -2.36. The number of rotatable bonds is 24. The number of phenols is 2. The molecule has 0 saturated carbocycles. The number of nitrogens with two attached hydrogens (primary N) is 3. The van der Waals surface area contributed by atoms with Crippen molar-refractivity contribution in [1.82, 2.24) is 82.3 Å². The zero-order valence-corrected chi connectivity index (χ0v) is 76.5. The molecule has 1 aliphatic rings. The first-order valence-electron chi connectivity index (χ1n) is 43.3. The Morgan fingerprint density at radius 3 is 1.57 bits per heavy atom. The van der Waals surface area contributed by atoms with Gasteiger partial charge in [0.25, 0.3) is 0 Å². The van der Waals surface area contributed by atoms with Crippen LogP contribution in [0.5, 0.6) is 11.5 Å². The Bertz CT molecular complexity index is 5360. The second kappa shape index (κ2) is 49.3. The van der Waals surface area contributed by atoms with E-state index in [0.717, 1.165) is 36.1 Å². The lowest BCUT2D eigenvalue weighted by molar-refractivity contribution is -0.151. The van der Waals surface area contributed by atoms with Crippen molar-refractivity contribution in [3.05, 3.63) is 197 Å². The van der Waals surface area contributed by atoms with E-state index in [9.17, 15) is 48.6 Å². The molecule has 6 aromatic carbocycles. The van der Waals surface area contributed by atoms with Crippen LogP contribution < -0.4 is 65.1 Å². The summed E-state index contributed by atoms with van der Waals surface area (Å²) in [4.78, 5) is 249. The SMILES string of the molecule is CCCC[C@H]1C(=O)N(C)CC(=O)N[C@@H](CC(N)=O)C(=O)N[C@@H](C(C)C)C(=O)N(C)[C@@H](Cc2ccccc2)C(=O)N[C@@H](Cc2ccc(O)cc2)C(=O)N(C)CC(=O)N[C@@H](Cc2c[nH]c3ccccc23)C(=O)N[C@@H](Cc2ccc(O)cc2)C(=O)N[C@@H](CCCN)C(=O)N[C@H](C(=O)NCC(N)=O)CSCC(=O)N[C@@H](Cc2ccccc2)C(=O)N(C)[C@@H](Cc2nc3ccccc3s2)C(=O)N1C. The van der Waals surface area contributed by atoms with Gasteiger partial charge in [-0.05, 0) is 102 Å². The summed E-state index contributed by atoms with van der Waals surface area (Å²) in [5.41, 5.74) is 20.9. The van der Waals surface area contributed by atoms with Crippen LogP contribution >= 0.6 is 23.1 Å². The van der Waals surface area contributed by atoms with Crippen LogP contribution in [-0.4, -0.2) is 279 Å². The average Bonchev–Trinajstić information content (AvgIpc) is 1.57. The molecule has 1 fully saturated rings. The molecule has 0 unspecified atom stereocenters. The van der Waals surface area contributed by atoms with E-state index < -0.39 is 204 Å². The number of primary amides is 2. The van der Waals surface area contributed by atoms with Crippen LogP contribution in [0.15, 0.2) is 164 Å². The molecule has 3 heterocycles. The van der Waals surface area contributed by atoms with Gasteiger partial charge in [-0.2, -0.15) is 0 Å². The van der Waals surface area contributed by atoms with Crippen LogP contribution in [0.3, 0.4) is 0 Å². The van der Waals surface area contributed by atoms with Gasteiger partial charge >= 0.3 is 0 Å². The molecular formula is C93H117N19O18S2. The molecule has 0 spiro atoms. The number of benzene rings is 6. The maximum Gasteiger partial charge on any atom is 0.246 e. The number of thiazole rings is 1. The fraction of sp³-hybridized carbons (Fsp3) is 0.409. The number of likely N-dealkylation sites (N-methyl/N-ethyl adjacent to an activating group) is 5. The van der Waals surface area contributed by atoms with Gasteiger partial charge in [0.2, 0.25) is 94.5 Å². The molecule has 37 nitrogen and oxygen atoms in total. The summed E-state index contributed by atoms with van der Waals surface area (Å²) in [5.74, 6) is -16.6. The molecule has 39 heteroatoms. The maximum absolute atomic E-state index is 15.7. The number of unbranched alkanes of at least 4 members (excludes halogenated alkanes) is 1. The van der Waals surface area contributed by atoms with E-state index in [4.69, 9.17) is 22.2 Å². The van der Waals surface area contributed by atoms with Gasteiger partial charge < -0.3 is 105 Å². The number of hydrogen-bond donors (Lipinski definition) is 15. The Morgan fingerprint density at radius 2 is 0.977 bits per heavy atom. The molecule has 16 amide bonds. The topological polar surface area (TPSA) is 545 Å². The smallest absolute Gasteiger partial charge is 0.246 e. The van der Waals surface area contributed by atoms with Crippen molar-refractivity contribution in [2.24, 2.45) is 23.1 Å². The molecule has 0 aliphatic carbocycles. The molecule has 11 atom stereocenters. The highest BCUT2D eigenvalue weighted by atomic mass is 32.2. The number of amides is 16. The second-order valence-electron chi connectivity index (χ2n) is 33.0. The average molecular weight is 1850 g/mol. The summed E-state index contributed by atoms with van der Waals surface area (Å²) in [5, 5.41) is 45.8. The zero-order valence-electron chi connectivity index (χ0n) is 74.9. The van der Waals surface area contributed by atoms with E-state index in [1.807, 2.05) is 13.0 Å². The van der Waals surface area contributed by atoms with Gasteiger partial charge in [-0.15, -0.1) is 23.1 Å². The summed E-state index contributed by atoms with van der Waals surface area (Å²) >= 11 is 2.07.